The van der Waals surface area contributed by atoms with Crippen molar-refractivity contribution in [3.63, 3.8) is 0 Å². The maximum Gasteiger partial charge on any atom is 0.255 e. The Balaban J connectivity index is 1.53. The summed E-state index contributed by atoms with van der Waals surface area (Å²) in [5, 5.41) is 2.63. The molecule has 2 aliphatic rings. The molecule has 0 saturated carbocycles. The number of fused-ring (bicyclic) bond motifs is 1. The summed E-state index contributed by atoms with van der Waals surface area (Å²) in [6, 6.07) is 6.53. The van der Waals surface area contributed by atoms with E-state index in [0.717, 1.165) is 50.2 Å². The lowest BCUT2D eigenvalue weighted by atomic mass is 10.0. The highest BCUT2D eigenvalue weighted by atomic mass is 19.1. The molecule has 1 aromatic carbocycles. The quantitative estimate of drug-likeness (QED) is 0.698. The number of halogens is 1. The molecule has 32 heavy (non-hydrogen) atoms. The monoisotopic (exact) mass is 440 g/mol. The van der Waals surface area contributed by atoms with Gasteiger partial charge in [0, 0.05) is 45.2 Å². The predicted molar refractivity (Wildman–Crippen MR) is 120 cm³/mol. The number of carbonyl (C=O) groups excluding carboxylic acids is 2. The molecule has 170 valence electrons. The Kier molecular flexibility index (Phi) is 6.99. The van der Waals surface area contributed by atoms with Crippen LogP contribution in [-0.2, 0) is 11.2 Å². The van der Waals surface area contributed by atoms with E-state index in [-0.39, 0.29) is 11.5 Å². The number of hydrogen-bond acceptors (Lipinski definition) is 5. The van der Waals surface area contributed by atoms with Gasteiger partial charge in [-0.3, -0.25) is 9.59 Å². The third-order valence-electron chi connectivity index (χ3n) is 6.02. The number of rotatable bonds is 6. The van der Waals surface area contributed by atoms with E-state index in [1.165, 1.54) is 18.6 Å². The molecule has 1 saturated heterocycles. The highest BCUT2D eigenvalue weighted by Gasteiger charge is 2.25. The average Bonchev–Trinajstić information content (AvgIpc) is 2.83. The lowest BCUT2D eigenvalue weighted by Gasteiger charge is -2.31. The summed E-state index contributed by atoms with van der Waals surface area (Å²) in [6.07, 6.45) is 6.58. The Hall–Kier alpha value is -3.00. The van der Waals surface area contributed by atoms with Gasteiger partial charge in [-0.25, -0.2) is 9.37 Å². The van der Waals surface area contributed by atoms with Gasteiger partial charge in [0.2, 0.25) is 0 Å². The van der Waals surface area contributed by atoms with Crippen molar-refractivity contribution in [2.45, 2.75) is 32.1 Å². The Morgan fingerprint density at radius 2 is 1.94 bits per heavy atom. The van der Waals surface area contributed by atoms with Gasteiger partial charge in [0.15, 0.2) is 0 Å². The first-order valence-electron chi connectivity index (χ1n) is 11.2. The Morgan fingerprint density at radius 3 is 2.69 bits per heavy atom. The normalized spacial score (nSPS) is 15.9. The summed E-state index contributed by atoms with van der Waals surface area (Å²) < 4.78 is 19.6. The summed E-state index contributed by atoms with van der Waals surface area (Å²) in [5.41, 5.74) is 2.24. The van der Waals surface area contributed by atoms with Crippen LogP contribution >= 0.6 is 0 Å². The maximum absolute atomic E-state index is 14.7. The second-order valence-electron chi connectivity index (χ2n) is 8.23. The molecule has 0 atom stereocenters. The van der Waals surface area contributed by atoms with Crippen LogP contribution in [0.25, 0.3) is 0 Å². The Bertz CT molecular complexity index is 991. The molecule has 0 unspecified atom stereocenters. The third-order valence-corrected chi connectivity index (χ3v) is 6.02. The van der Waals surface area contributed by atoms with Crippen LogP contribution in [-0.4, -0.2) is 61.6 Å². The number of aryl methyl sites for hydroxylation is 1. The SMILES string of the molecule is COCCNC(=O)c1ccc(N2CCCc3cc(C(=O)N4CCCCC4)cnc32)cc1F. The van der Waals surface area contributed by atoms with Crippen molar-refractivity contribution in [3.05, 3.63) is 53.0 Å². The topological polar surface area (TPSA) is 74.8 Å². The zero-order valence-corrected chi connectivity index (χ0v) is 18.4. The minimum atomic E-state index is -0.582. The predicted octanol–water partition coefficient (Wildman–Crippen LogP) is 3.31. The summed E-state index contributed by atoms with van der Waals surface area (Å²) in [5.74, 6) is -0.277. The second kappa shape index (κ2) is 10.1. The van der Waals surface area contributed by atoms with Crippen LogP contribution in [0.2, 0.25) is 0 Å². The van der Waals surface area contributed by atoms with Crippen LogP contribution in [0.3, 0.4) is 0 Å². The number of ether oxygens (including phenoxy) is 1. The molecule has 1 N–H and O–H groups in total. The zero-order chi connectivity index (χ0) is 22.5. The fourth-order valence-corrected chi connectivity index (χ4v) is 4.33. The molecule has 0 radical (unpaired) electrons. The van der Waals surface area contributed by atoms with Crippen LogP contribution in [0, 0.1) is 5.82 Å². The van der Waals surface area contributed by atoms with Gasteiger partial charge in [0.25, 0.3) is 11.8 Å². The molecule has 3 heterocycles. The number of pyridine rings is 1. The number of nitrogens with one attached hydrogen (secondary N) is 1. The van der Waals surface area contributed by atoms with Crippen LogP contribution in [0.4, 0.5) is 15.9 Å². The number of nitrogens with zero attached hydrogens (tertiary/aromatic N) is 3. The molecule has 7 nitrogen and oxygen atoms in total. The van der Waals surface area contributed by atoms with Gasteiger partial charge in [-0.05, 0) is 61.9 Å². The maximum atomic E-state index is 14.7. The van der Waals surface area contributed by atoms with Gasteiger partial charge in [-0.15, -0.1) is 0 Å². The molecule has 0 bridgehead atoms. The summed E-state index contributed by atoms with van der Waals surface area (Å²) >= 11 is 0. The second-order valence-corrected chi connectivity index (χ2v) is 8.23. The van der Waals surface area contributed by atoms with Gasteiger partial charge in [0.05, 0.1) is 17.7 Å². The Morgan fingerprint density at radius 1 is 1.12 bits per heavy atom. The van der Waals surface area contributed by atoms with Gasteiger partial charge in [0.1, 0.15) is 11.6 Å². The first kappa shape index (κ1) is 22.2. The number of carbonyl (C=O) groups is 2. The summed E-state index contributed by atoms with van der Waals surface area (Å²) in [6.45, 7) is 2.97. The van der Waals surface area contributed by atoms with Crippen molar-refractivity contribution < 1.29 is 18.7 Å². The fourth-order valence-electron chi connectivity index (χ4n) is 4.33. The van der Waals surface area contributed by atoms with Crippen molar-refractivity contribution >= 4 is 23.3 Å². The van der Waals surface area contributed by atoms with Gasteiger partial charge in [-0.1, -0.05) is 0 Å². The van der Waals surface area contributed by atoms with Crippen LogP contribution in [0.5, 0.6) is 0 Å². The van der Waals surface area contributed by atoms with E-state index in [1.807, 2.05) is 15.9 Å². The molecule has 8 heteroatoms. The van der Waals surface area contributed by atoms with Crippen molar-refractivity contribution in [3.8, 4) is 0 Å². The number of hydrogen-bond donors (Lipinski definition) is 1. The van der Waals surface area contributed by atoms with Crippen molar-refractivity contribution in [2.75, 3.05) is 44.8 Å². The van der Waals surface area contributed by atoms with Gasteiger partial charge >= 0.3 is 0 Å². The van der Waals surface area contributed by atoms with Crippen molar-refractivity contribution in [1.29, 1.82) is 0 Å². The van der Waals surface area contributed by atoms with E-state index in [4.69, 9.17) is 4.74 Å². The van der Waals surface area contributed by atoms with Crippen molar-refractivity contribution in [1.82, 2.24) is 15.2 Å². The van der Waals surface area contributed by atoms with E-state index in [1.54, 1.807) is 19.4 Å². The molecule has 2 aliphatic heterocycles. The lowest BCUT2D eigenvalue weighted by Crippen LogP contribution is -2.36. The van der Waals surface area contributed by atoms with E-state index in [9.17, 15) is 14.0 Å². The molecule has 4 rings (SSSR count). The fraction of sp³-hybridized carbons (Fsp3) is 0.458. The smallest absolute Gasteiger partial charge is 0.255 e. The Labute approximate surface area is 187 Å². The van der Waals surface area contributed by atoms with E-state index in [2.05, 4.69) is 10.3 Å². The van der Waals surface area contributed by atoms with E-state index < -0.39 is 11.7 Å². The van der Waals surface area contributed by atoms with Crippen LogP contribution in [0.1, 0.15) is 52.0 Å². The summed E-state index contributed by atoms with van der Waals surface area (Å²) in [7, 11) is 1.54. The number of likely N-dealkylation sites (tertiary alicyclic amines) is 1. The minimum absolute atomic E-state index is 0.00230. The van der Waals surface area contributed by atoms with Gasteiger partial charge in [-0.2, -0.15) is 0 Å². The highest BCUT2D eigenvalue weighted by molar-refractivity contribution is 5.95. The van der Waals surface area contributed by atoms with E-state index >= 15 is 0 Å². The van der Waals surface area contributed by atoms with Gasteiger partial charge < -0.3 is 19.9 Å². The van der Waals surface area contributed by atoms with Crippen LogP contribution < -0.4 is 10.2 Å². The lowest BCUT2D eigenvalue weighted by molar-refractivity contribution is 0.0723. The molecular formula is C24H29FN4O3. The van der Waals surface area contributed by atoms with Crippen molar-refractivity contribution in [2.24, 2.45) is 0 Å². The third kappa shape index (κ3) is 4.75. The van der Waals surface area contributed by atoms with Crippen LogP contribution in [0.15, 0.2) is 30.5 Å². The average molecular weight is 441 g/mol. The number of piperidine rings is 1. The molecule has 0 spiro atoms. The molecule has 1 fully saturated rings. The highest BCUT2D eigenvalue weighted by Crippen LogP contribution is 2.33. The molecule has 0 aliphatic carbocycles. The first-order valence-corrected chi connectivity index (χ1v) is 11.2. The van der Waals surface area contributed by atoms with E-state index in [0.29, 0.717) is 30.9 Å². The minimum Gasteiger partial charge on any atom is -0.383 e. The molecule has 2 amide bonds. The summed E-state index contributed by atoms with van der Waals surface area (Å²) in [4.78, 5) is 33.5. The number of benzene rings is 1. The molecule has 2 aromatic rings. The number of aromatic nitrogens is 1. The largest absolute Gasteiger partial charge is 0.383 e. The first-order chi connectivity index (χ1) is 15.6. The number of methoxy groups -OCH3 is 1. The molecular weight excluding hydrogens is 411 g/mol. The number of amides is 2. The number of anilines is 2. The standard InChI is InChI=1S/C24H29FN4O3/c1-32-13-9-26-23(30)20-8-7-19(15-21(20)25)29-12-5-6-17-14-18(16-27-22(17)29)24(31)28-10-3-2-4-11-28/h7-8,14-16H,2-6,9-13H2,1H3,(H,26,30). The zero-order valence-electron chi connectivity index (χ0n) is 18.4. The molecule has 1 aromatic heterocycles.